The number of amides is 1. The Morgan fingerprint density at radius 1 is 1.05 bits per heavy atom. The molecule has 0 spiro atoms. The number of ether oxygens (including phenoxy) is 3. The summed E-state index contributed by atoms with van der Waals surface area (Å²) in [7, 11) is 1.66. The zero-order valence-corrected chi connectivity index (χ0v) is 36.5. The number of methoxy groups -OCH3 is 1. The van der Waals surface area contributed by atoms with E-state index in [2.05, 4.69) is 87.1 Å². The quantitative estimate of drug-likeness (QED) is 0.0544. The lowest BCUT2D eigenvalue weighted by atomic mass is 9.88. The first kappa shape index (κ1) is 41.7. The predicted octanol–water partition coefficient (Wildman–Crippen LogP) is 7.66. The van der Waals surface area contributed by atoms with Crippen LogP contribution in [0.2, 0.25) is 0 Å². The highest BCUT2D eigenvalue weighted by molar-refractivity contribution is 6.06. The van der Waals surface area contributed by atoms with Crippen LogP contribution in [0.3, 0.4) is 0 Å². The number of nitrogens with one attached hydrogen (secondary N) is 3. The minimum absolute atomic E-state index is 0.163. The Morgan fingerprint density at radius 2 is 1.87 bits per heavy atom. The fourth-order valence-electron chi connectivity index (χ4n) is 9.64. The molecule has 0 radical (unpaired) electrons. The molecule has 15 heteroatoms. The van der Waals surface area contributed by atoms with Crippen molar-refractivity contribution in [1.29, 1.82) is 0 Å². The molecule has 14 nitrogen and oxygen atoms in total. The number of carbonyl (C=O) groups excluding carboxylic acids is 1. The number of hydrogen-bond donors (Lipinski definition) is 3. The normalized spacial score (nSPS) is 18.8. The number of carbonyl (C=O) groups is 1. The van der Waals surface area contributed by atoms with Crippen LogP contribution in [0.5, 0.6) is 11.8 Å². The van der Waals surface area contributed by atoms with Crippen LogP contribution in [0.15, 0.2) is 48.8 Å². The minimum atomic E-state index is -0.320. The van der Waals surface area contributed by atoms with Crippen LogP contribution in [-0.2, 0) is 16.1 Å². The van der Waals surface area contributed by atoms with Gasteiger partial charge in [-0.3, -0.25) is 9.89 Å². The molecule has 62 heavy (non-hydrogen) atoms. The summed E-state index contributed by atoms with van der Waals surface area (Å²) in [5.41, 5.74) is 7.12. The summed E-state index contributed by atoms with van der Waals surface area (Å²) in [6.07, 6.45) is 9.34. The third kappa shape index (κ3) is 8.19. The highest BCUT2D eigenvalue weighted by Gasteiger charge is 2.40. The molecule has 6 aromatic rings. The van der Waals surface area contributed by atoms with Gasteiger partial charge in [0, 0.05) is 66.3 Å². The van der Waals surface area contributed by atoms with E-state index in [1.165, 1.54) is 6.07 Å². The van der Waals surface area contributed by atoms with Gasteiger partial charge in [0.25, 0.3) is 0 Å². The van der Waals surface area contributed by atoms with Crippen LogP contribution in [0, 0.1) is 24.6 Å². The molecular formula is C47H57FN10O4. The largest absolute Gasteiger partial charge is 0.486 e. The number of anilines is 1. The van der Waals surface area contributed by atoms with Crippen LogP contribution in [0.1, 0.15) is 88.4 Å². The van der Waals surface area contributed by atoms with Crippen molar-refractivity contribution in [3.63, 3.8) is 0 Å². The van der Waals surface area contributed by atoms with Crippen LogP contribution in [-0.4, -0.2) is 93.1 Å². The Bertz CT molecular complexity index is 2550. The van der Waals surface area contributed by atoms with Gasteiger partial charge in [0.15, 0.2) is 5.75 Å². The molecule has 3 aromatic carbocycles. The number of hydrogen-bond acceptors (Lipinski definition) is 11. The van der Waals surface area contributed by atoms with Crippen molar-refractivity contribution < 1.29 is 23.4 Å². The van der Waals surface area contributed by atoms with Gasteiger partial charge in [-0.05, 0) is 92.5 Å². The summed E-state index contributed by atoms with van der Waals surface area (Å²) in [4.78, 5) is 23.4. The smallest absolute Gasteiger partial charge is 0.319 e. The molecule has 9 rings (SSSR count). The predicted molar refractivity (Wildman–Crippen MR) is 237 cm³/mol. The van der Waals surface area contributed by atoms with Crippen molar-refractivity contribution in [3.8, 4) is 34.1 Å². The van der Waals surface area contributed by atoms with Crippen LogP contribution in [0.4, 0.5) is 10.2 Å². The average molecular weight is 845 g/mol. The molecule has 3 aliphatic rings. The summed E-state index contributed by atoms with van der Waals surface area (Å²) < 4.78 is 36.8. The summed E-state index contributed by atoms with van der Waals surface area (Å²) in [5, 5.41) is 24.6. The molecule has 326 valence electrons. The number of H-pyrrole nitrogens is 1. The third-order valence-electron chi connectivity index (χ3n) is 13.1. The number of benzene rings is 3. The lowest BCUT2D eigenvalue weighted by molar-refractivity contribution is -0.109. The highest BCUT2D eigenvalue weighted by Crippen LogP contribution is 2.53. The molecule has 2 aliphatic heterocycles. The second-order valence-corrected chi connectivity index (χ2v) is 17.9. The van der Waals surface area contributed by atoms with Crippen LogP contribution >= 0.6 is 0 Å². The second kappa shape index (κ2) is 17.6. The monoisotopic (exact) mass is 844 g/mol. The SMILES string of the molecule is CO[C@@H](C)COc1nc(N2CC3CC2CN3)c2cc(C3CC3)c(-c3c(C)c(F)cc4[nH]ncc34)c(OCc3ccc(-c4cn(C(C(C)C)C(C)CCCNC=O)nn4)cc3)c2n1. The first-order valence-electron chi connectivity index (χ1n) is 22.1. The van der Waals surface area contributed by atoms with Crippen molar-refractivity contribution >= 4 is 34.0 Å². The summed E-state index contributed by atoms with van der Waals surface area (Å²) in [6, 6.07) is 13.1. The molecule has 2 saturated heterocycles. The van der Waals surface area contributed by atoms with Crippen molar-refractivity contribution in [2.45, 2.75) is 103 Å². The zero-order chi connectivity index (χ0) is 43.1. The van der Waals surface area contributed by atoms with Crippen LogP contribution in [0.25, 0.3) is 44.2 Å². The summed E-state index contributed by atoms with van der Waals surface area (Å²) >= 11 is 0. The van der Waals surface area contributed by atoms with Gasteiger partial charge in [-0.1, -0.05) is 50.3 Å². The molecule has 3 N–H and O–H groups in total. The van der Waals surface area contributed by atoms with E-state index in [9.17, 15) is 4.79 Å². The lowest BCUT2D eigenvalue weighted by Gasteiger charge is -2.30. The molecular weight excluding hydrogens is 788 g/mol. The number of fused-ring (bicyclic) bond motifs is 4. The van der Waals surface area contributed by atoms with E-state index in [0.717, 1.165) is 102 Å². The van der Waals surface area contributed by atoms with Gasteiger partial charge < -0.3 is 29.7 Å². The number of piperazine rings is 1. The summed E-state index contributed by atoms with van der Waals surface area (Å²) in [5.74, 6) is 2.04. The Balaban J connectivity index is 1.11. The van der Waals surface area contributed by atoms with Crippen molar-refractivity contribution in [2.75, 3.05) is 38.3 Å². The van der Waals surface area contributed by atoms with Gasteiger partial charge in [0.1, 0.15) is 36.1 Å². The molecule has 4 unspecified atom stereocenters. The van der Waals surface area contributed by atoms with E-state index < -0.39 is 0 Å². The fourth-order valence-corrected chi connectivity index (χ4v) is 9.64. The maximum absolute atomic E-state index is 15.9. The molecule has 2 bridgehead atoms. The molecule has 1 saturated carbocycles. The molecule has 5 heterocycles. The minimum Gasteiger partial charge on any atom is -0.486 e. The molecule has 3 aromatic heterocycles. The first-order valence-corrected chi connectivity index (χ1v) is 22.1. The van der Waals surface area contributed by atoms with Crippen molar-refractivity contribution in [2.24, 2.45) is 11.8 Å². The molecule has 3 fully saturated rings. The Morgan fingerprint density at radius 3 is 2.58 bits per heavy atom. The second-order valence-electron chi connectivity index (χ2n) is 17.9. The lowest BCUT2D eigenvalue weighted by Crippen LogP contribution is -2.44. The topological polar surface area (TPSA) is 157 Å². The van der Waals surface area contributed by atoms with Gasteiger partial charge in [-0.2, -0.15) is 15.1 Å². The number of halogens is 1. The van der Waals surface area contributed by atoms with Gasteiger partial charge >= 0.3 is 6.01 Å². The number of aromatic nitrogens is 7. The highest BCUT2D eigenvalue weighted by atomic mass is 19.1. The van der Waals surface area contributed by atoms with E-state index >= 15 is 4.39 Å². The Kier molecular flexibility index (Phi) is 11.8. The number of rotatable bonds is 19. The number of nitrogens with zero attached hydrogens (tertiary/aromatic N) is 7. The fraction of sp³-hybridized carbons (Fsp3) is 0.489. The van der Waals surface area contributed by atoms with Gasteiger partial charge in [0.05, 0.1) is 30.1 Å². The van der Waals surface area contributed by atoms with E-state index in [-0.39, 0.29) is 43.1 Å². The maximum atomic E-state index is 15.9. The standard InChI is InChI=1S/C47H57FN10O4/c1-26(2)44(27(3)8-7-15-49-25-59)58-22-40(55-56-58)32-11-9-30(10-12-32)24-61-45-42(41-29(5)38(48)18-39-37(41)20-51-54-39)35(31-13-14-31)17-36-43(45)52-47(62-23-28(4)60-6)53-46(36)57-21-33-16-34(57)19-50-33/h9-12,17-18,20,22,25-28,31,33-34,44,50H,7-8,13-16,19,21,23-24H2,1-6H3,(H,49,59)(H,51,54)/t27?,28-,33?,34?,44?/m0/s1. The average Bonchev–Trinajstić information content (AvgIpc) is 3.61. The van der Waals surface area contributed by atoms with Gasteiger partial charge in [0.2, 0.25) is 6.41 Å². The molecule has 1 aliphatic carbocycles. The Labute approximate surface area is 361 Å². The van der Waals surface area contributed by atoms with Gasteiger partial charge in [-0.25, -0.2) is 9.07 Å². The van der Waals surface area contributed by atoms with Gasteiger partial charge in [-0.15, -0.1) is 5.10 Å². The van der Waals surface area contributed by atoms with E-state index in [1.54, 1.807) is 13.3 Å². The van der Waals surface area contributed by atoms with Crippen LogP contribution < -0.4 is 25.0 Å². The van der Waals surface area contributed by atoms with Crippen molar-refractivity contribution in [3.05, 3.63) is 71.3 Å². The first-order chi connectivity index (χ1) is 30.1. The zero-order valence-electron chi connectivity index (χ0n) is 36.5. The third-order valence-corrected chi connectivity index (χ3v) is 13.1. The number of aromatic amines is 1. The summed E-state index contributed by atoms with van der Waals surface area (Å²) in [6.45, 7) is 13.3. The van der Waals surface area contributed by atoms with E-state index in [1.807, 2.05) is 24.7 Å². The Hall–Kier alpha value is -5.67. The molecule has 1 amide bonds. The van der Waals surface area contributed by atoms with Crippen molar-refractivity contribution in [1.82, 2.24) is 45.8 Å². The molecule has 5 atom stereocenters. The van der Waals surface area contributed by atoms with E-state index in [4.69, 9.17) is 24.2 Å². The maximum Gasteiger partial charge on any atom is 0.319 e. The van der Waals surface area contributed by atoms with E-state index in [0.29, 0.717) is 52.8 Å².